The number of benzene rings is 2. The summed E-state index contributed by atoms with van der Waals surface area (Å²) in [6.45, 7) is 0.765. The molecule has 0 N–H and O–H groups in total. The van der Waals surface area contributed by atoms with E-state index in [1.54, 1.807) is 13.1 Å². The minimum Gasteiger partial charge on any atom is -0.356 e. The zero-order valence-corrected chi connectivity index (χ0v) is 11.8. The van der Waals surface area contributed by atoms with Gasteiger partial charge in [0.25, 0.3) is 0 Å². The number of rotatable bonds is 4. The first-order valence-corrected chi connectivity index (χ1v) is 6.68. The van der Waals surface area contributed by atoms with Crippen LogP contribution < -0.4 is 0 Å². The molecule has 114 valence electrons. The van der Waals surface area contributed by atoms with Crippen LogP contribution in [0.25, 0.3) is 11.0 Å². The molecule has 1 aromatic heterocycles. The predicted molar refractivity (Wildman–Crippen MR) is 75.5 cm³/mol. The van der Waals surface area contributed by atoms with Crippen molar-refractivity contribution in [2.24, 2.45) is 0 Å². The molecule has 3 nitrogen and oxygen atoms in total. The molecule has 3 rings (SSSR count). The highest BCUT2D eigenvalue weighted by molar-refractivity contribution is 5.79. The molecule has 1 heterocycles. The highest BCUT2D eigenvalue weighted by Gasteiger charge is 2.12. The summed E-state index contributed by atoms with van der Waals surface area (Å²) in [6.07, 6.45) is 0. The van der Waals surface area contributed by atoms with Crippen LogP contribution in [0, 0.1) is 17.5 Å². The van der Waals surface area contributed by atoms with Gasteiger partial charge in [-0.05, 0) is 36.9 Å². The lowest BCUT2D eigenvalue weighted by Crippen LogP contribution is -2.17. The molecular weight excluding hydrogens is 293 g/mol. The predicted octanol–water partition coefficient (Wildman–Crippen LogP) is 3.88. The number of halogens is 3. The molecule has 6 heteroatoms. The van der Waals surface area contributed by atoms with E-state index in [2.05, 4.69) is 5.16 Å². The van der Waals surface area contributed by atoms with E-state index >= 15 is 0 Å². The summed E-state index contributed by atoms with van der Waals surface area (Å²) in [5.74, 6) is -1.60. The average molecular weight is 306 g/mol. The van der Waals surface area contributed by atoms with E-state index in [1.807, 2.05) is 4.90 Å². The van der Waals surface area contributed by atoms with Crippen LogP contribution in [0.15, 0.2) is 40.9 Å². The molecule has 0 unspecified atom stereocenters. The zero-order chi connectivity index (χ0) is 15.7. The first-order valence-electron chi connectivity index (χ1n) is 6.68. The molecule has 0 spiro atoms. The van der Waals surface area contributed by atoms with Crippen LogP contribution in [0.3, 0.4) is 0 Å². The molecule has 0 radical (unpaired) electrons. The zero-order valence-electron chi connectivity index (χ0n) is 11.8. The highest BCUT2D eigenvalue weighted by atomic mass is 19.1. The normalized spacial score (nSPS) is 11.5. The Labute approximate surface area is 124 Å². The fraction of sp³-hybridized carbons (Fsp3) is 0.188. The SMILES string of the molecule is CN(Cc1cc(F)cc(F)c1)Cc1noc2cc(F)ccc12. The van der Waals surface area contributed by atoms with Gasteiger partial charge >= 0.3 is 0 Å². The molecule has 0 saturated carbocycles. The summed E-state index contributed by atoms with van der Waals surface area (Å²) >= 11 is 0. The maximum atomic E-state index is 13.2. The smallest absolute Gasteiger partial charge is 0.170 e. The molecule has 0 amide bonds. The van der Waals surface area contributed by atoms with Crippen LogP contribution in [-0.4, -0.2) is 17.1 Å². The van der Waals surface area contributed by atoms with Gasteiger partial charge in [0.1, 0.15) is 23.1 Å². The fourth-order valence-electron chi connectivity index (χ4n) is 2.40. The van der Waals surface area contributed by atoms with Gasteiger partial charge in [-0.25, -0.2) is 13.2 Å². The second kappa shape index (κ2) is 5.81. The van der Waals surface area contributed by atoms with E-state index in [0.717, 1.165) is 11.5 Å². The second-order valence-corrected chi connectivity index (χ2v) is 5.22. The van der Waals surface area contributed by atoms with Crippen LogP contribution in [0.5, 0.6) is 0 Å². The molecule has 0 fully saturated rings. The first kappa shape index (κ1) is 14.6. The van der Waals surface area contributed by atoms with Gasteiger partial charge in [0.05, 0.1) is 0 Å². The van der Waals surface area contributed by atoms with Crippen molar-refractivity contribution in [2.75, 3.05) is 7.05 Å². The molecule has 22 heavy (non-hydrogen) atoms. The van der Waals surface area contributed by atoms with Crippen molar-refractivity contribution in [1.29, 1.82) is 0 Å². The van der Waals surface area contributed by atoms with Gasteiger partial charge in [-0.3, -0.25) is 4.90 Å². The fourth-order valence-corrected chi connectivity index (χ4v) is 2.40. The van der Waals surface area contributed by atoms with Crippen LogP contribution in [0.4, 0.5) is 13.2 Å². The van der Waals surface area contributed by atoms with Gasteiger partial charge in [-0.2, -0.15) is 0 Å². The van der Waals surface area contributed by atoms with Crippen molar-refractivity contribution in [3.8, 4) is 0 Å². The van der Waals surface area contributed by atoms with Crippen LogP contribution in [0.2, 0.25) is 0 Å². The number of fused-ring (bicyclic) bond motifs is 1. The van der Waals surface area contributed by atoms with Crippen molar-refractivity contribution >= 4 is 11.0 Å². The van der Waals surface area contributed by atoms with Crippen LogP contribution >= 0.6 is 0 Å². The first-order chi connectivity index (χ1) is 10.5. The third kappa shape index (κ3) is 3.12. The second-order valence-electron chi connectivity index (χ2n) is 5.22. The Morgan fingerprint density at radius 3 is 2.41 bits per heavy atom. The third-order valence-corrected chi connectivity index (χ3v) is 3.30. The van der Waals surface area contributed by atoms with Gasteiger partial charge in [-0.15, -0.1) is 0 Å². The summed E-state index contributed by atoms with van der Waals surface area (Å²) in [7, 11) is 1.80. The summed E-state index contributed by atoms with van der Waals surface area (Å²) in [5.41, 5.74) is 1.55. The maximum absolute atomic E-state index is 13.2. The lowest BCUT2D eigenvalue weighted by Gasteiger charge is -2.15. The lowest BCUT2D eigenvalue weighted by molar-refractivity contribution is 0.305. The number of aromatic nitrogens is 1. The molecule has 0 aliphatic rings. The number of nitrogens with zero attached hydrogens (tertiary/aromatic N) is 2. The van der Waals surface area contributed by atoms with Crippen molar-refractivity contribution in [1.82, 2.24) is 10.1 Å². The Morgan fingerprint density at radius 2 is 1.68 bits per heavy atom. The topological polar surface area (TPSA) is 29.3 Å². The van der Waals surface area contributed by atoms with E-state index in [-0.39, 0.29) is 0 Å². The molecule has 0 atom stereocenters. The Balaban J connectivity index is 1.76. The van der Waals surface area contributed by atoms with E-state index in [0.29, 0.717) is 29.9 Å². The summed E-state index contributed by atoms with van der Waals surface area (Å²) in [6, 6.07) is 7.62. The minimum absolute atomic E-state index is 0.351. The molecule has 0 aliphatic carbocycles. The lowest BCUT2D eigenvalue weighted by atomic mass is 10.2. The molecule has 0 saturated heterocycles. The average Bonchev–Trinajstić information content (AvgIpc) is 2.79. The van der Waals surface area contributed by atoms with Gasteiger partial charge in [-0.1, -0.05) is 5.16 Å². The van der Waals surface area contributed by atoms with Crippen molar-refractivity contribution in [3.05, 3.63) is 65.1 Å². The monoisotopic (exact) mass is 306 g/mol. The summed E-state index contributed by atoms with van der Waals surface area (Å²) < 4.78 is 44.5. The van der Waals surface area contributed by atoms with E-state index < -0.39 is 17.5 Å². The van der Waals surface area contributed by atoms with Crippen LogP contribution in [0.1, 0.15) is 11.3 Å². The van der Waals surface area contributed by atoms with Gasteiger partial charge < -0.3 is 4.52 Å². The highest BCUT2D eigenvalue weighted by Crippen LogP contribution is 2.21. The standard InChI is InChI=1S/C16H13F3N2O/c1-21(8-10-4-12(18)6-13(19)5-10)9-15-14-3-2-11(17)7-16(14)22-20-15/h2-7H,8-9H2,1H3. The Hall–Kier alpha value is -2.34. The Bertz CT molecular complexity index is 796. The van der Waals surface area contributed by atoms with E-state index in [9.17, 15) is 13.2 Å². The number of hydrogen-bond donors (Lipinski definition) is 0. The van der Waals surface area contributed by atoms with Crippen LogP contribution in [-0.2, 0) is 13.1 Å². The minimum atomic E-state index is -0.606. The van der Waals surface area contributed by atoms with E-state index in [4.69, 9.17) is 4.52 Å². The largest absolute Gasteiger partial charge is 0.356 e. The van der Waals surface area contributed by atoms with E-state index in [1.165, 1.54) is 24.3 Å². The summed E-state index contributed by atoms with van der Waals surface area (Å²) in [4.78, 5) is 1.84. The maximum Gasteiger partial charge on any atom is 0.170 e. The van der Waals surface area contributed by atoms with Gasteiger partial charge in [0.2, 0.25) is 0 Å². The molecular formula is C16H13F3N2O. The summed E-state index contributed by atoms with van der Waals surface area (Å²) in [5, 5.41) is 4.64. The van der Waals surface area contributed by atoms with Gasteiger partial charge in [0.15, 0.2) is 5.58 Å². The molecule has 2 aromatic carbocycles. The molecule has 0 aliphatic heterocycles. The van der Waals surface area contributed by atoms with Crippen molar-refractivity contribution < 1.29 is 17.7 Å². The number of hydrogen-bond acceptors (Lipinski definition) is 3. The van der Waals surface area contributed by atoms with Crippen molar-refractivity contribution in [2.45, 2.75) is 13.1 Å². The van der Waals surface area contributed by atoms with Crippen molar-refractivity contribution in [3.63, 3.8) is 0 Å². The Kier molecular flexibility index (Phi) is 3.85. The molecule has 0 bridgehead atoms. The third-order valence-electron chi connectivity index (χ3n) is 3.30. The quantitative estimate of drug-likeness (QED) is 0.732. The Morgan fingerprint density at radius 1 is 0.955 bits per heavy atom. The molecule has 3 aromatic rings. The van der Waals surface area contributed by atoms with Gasteiger partial charge in [0, 0.05) is 30.6 Å².